The minimum absolute atomic E-state index is 0. The quantitative estimate of drug-likeness (QED) is 0.736. The van der Waals surface area contributed by atoms with E-state index in [1.807, 2.05) is 6.07 Å². The Kier molecular flexibility index (Phi) is 9.23. The first kappa shape index (κ1) is 22.6. The van der Waals surface area contributed by atoms with E-state index in [9.17, 15) is 4.79 Å². The smallest absolute Gasteiger partial charge is 0.253 e. The van der Waals surface area contributed by atoms with Gasteiger partial charge in [-0.1, -0.05) is 41.9 Å². The van der Waals surface area contributed by atoms with Crippen molar-refractivity contribution in [3.8, 4) is 0 Å². The Balaban J connectivity index is 0.00000169. The van der Waals surface area contributed by atoms with Gasteiger partial charge in [-0.2, -0.15) is 0 Å². The summed E-state index contributed by atoms with van der Waals surface area (Å²) in [5, 5.41) is 3.50. The van der Waals surface area contributed by atoms with Crippen LogP contribution in [0.3, 0.4) is 0 Å². The molecule has 2 aromatic rings. The van der Waals surface area contributed by atoms with E-state index in [2.05, 4.69) is 34.5 Å². The molecule has 3 N–H and O–H groups in total. The van der Waals surface area contributed by atoms with Gasteiger partial charge in [-0.05, 0) is 43.1 Å². The zero-order valence-electron chi connectivity index (χ0n) is 14.4. The molecule has 0 saturated carbocycles. The number of nitrogen functional groups attached to an aromatic ring is 1. The van der Waals surface area contributed by atoms with Gasteiger partial charge in [0.05, 0.1) is 10.6 Å². The highest BCUT2D eigenvalue weighted by atomic mass is 35.5. The molecule has 0 radical (unpaired) electrons. The number of nitrogens with zero attached hydrogens (tertiary/aromatic N) is 1. The van der Waals surface area contributed by atoms with Gasteiger partial charge in [-0.25, -0.2) is 0 Å². The van der Waals surface area contributed by atoms with Gasteiger partial charge in [0.1, 0.15) is 0 Å². The van der Waals surface area contributed by atoms with E-state index < -0.39 is 0 Å². The summed E-state index contributed by atoms with van der Waals surface area (Å²) in [6.07, 6.45) is 2.07. The topological polar surface area (TPSA) is 58.4 Å². The maximum atomic E-state index is 12.5. The maximum Gasteiger partial charge on any atom is 0.253 e. The number of likely N-dealkylation sites (tertiary alicyclic amines) is 1. The van der Waals surface area contributed by atoms with Gasteiger partial charge in [0, 0.05) is 24.8 Å². The normalized spacial score (nSPS) is 16.9. The number of nitrogens with one attached hydrogen (secondary N) is 1. The number of halogens is 3. The van der Waals surface area contributed by atoms with Crippen LogP contribution in [0.5, 0.6) is 0 Å². The molecular formula is C19H24Cl3N3O. The Morgan fingerprint density at radius 2 is 1.92 bits per heavy atom. The molecule has 142 valence electrons. The fourth-order valence-corrected chi connectivity index (χ4v) is 3.41. The van der Waals surface area contributed by atoms with Crippen molar-refractivity contribution in [2.75, 3.05) is 18.8 Å². The molecule has 1 aliphatic rings. The fraction of sp³-hybridized carbons (Fsp3) is 0.316. The standard InChI is InChI=1S/C19H22ClN3O.2ClH/c20-18-11-15(21)8-9-17(18)19(24)22-16-7-4-10-23(13-16)12-14-5-2-1-3-6-14;;/h1-3,5-6,8-9,11,16H,4,7,10,12-13,21H2,(H,22,24);2*1H. The van der Waals surface area contributed by atoms with Gasteiger partial charge >= 0.3 is 0 Å². The first-order chi connectivity index (χ1) is 11.6. The van der Waals surface area contributed by atoms with Gasteiger partial charge in [-0.3, -0.25) is 9.69 Å². The third-order valence-electron chi connectivity index (χ3n) is 4.33. The van der Waals surface area contributed by atoms with Crippen molar-refractivity contribution in [1.82, 2.24) is 10.2 Å². The van der Waals surface area contributed by atoms with Crippen molar-refractivity contribution < 1.29 is 4.79 Å². The van der Waals surface area contributed by atoms with E-state index in [1.165, 1.54) is 5.56 Å². The lowest BCUT2D eigenvalue weighted by molar-refractivity contribution is 0.0901. The van der Waals surface area contributed by atoms with Crippen molar-refractivity contribution in [3.05, 3.63) is 64.7 Å². The zero-order chi connectivity index (χ0) is 16.9. The number of piperidine rings is 1. The molecule has 1 saturated heterocycles. The van der Waals surface area contributed by atoms with Gasteiger partial charge in [0.2, 0.25) is 0 Å². The van der Waals surface area contributed by atoms with Crippen LogP contribution >= 0.6 is 36.4 Å². The predicted octanol–water partition coefficient (Wildman–Crippen LogP) is 4.16. The average Bonchev–Trinajstić information content (AvgIpc) is 2.56. The van der Waals surface area contributed by atoms with Crippen LogP contribution in [0.2, 0.25) is 5.02 Å². The van der Waals surface area contributed by atoms with Gasteiger partial charge < -0.3 is 11.1 Å². The Bertz CT molecular complexity index is 712. The monoisotopic (exact) mass is 415 g/mol. The molecule has 26 heavy (non-hydrogen) atoms. The van der Waals surface area contributed by atoms with Gasteiger partial charge in [0.25, 0.3) is 5.91 Å². The second-order valence-corrected chi connectivity index (χ2v) is 6.68. The molecule has 1 atom stereocenters. The number of amides is 1. The molecule has 3 rings (SSSR count). The van der Waals surface area contributed by atoms with E-state index in [-0.39, 0.29) is 36.8 Å². The minimum atomic E-state index is -0.133. The number of carbonyl (C=O) groups excluding carboxylic acids is 1. The number of carbonyl (C=O) groups is 1. The molecule has 7 heteroatoms. The molecule has 4 nitrogen and oxygen atoms in total. The zero-order valence-corrected chi connectivity index (χ0v) is 16.7. The molecule has 0 aromatic heterocycles. The van der Waals surface area contributed by atoms with Crippen LogP contribution in [0, 0.1) is 0 Å². The SMILES string of the molecule is Cl.Cl.Nc1ccc(C(=O)NC2CCCN(Cc3ccccc3)C2)c(Cl)c1. The molecule has 1 unspecified atom stereocenters. The van der Waals surface area contributed by atoms with Gasteiger partial charge in [0.15, 0.2) is 0 Å². The molecule has 1 heterocycles. The van der Waals surface area contributed by atoms with Crippen molar-refractivity contribution in [1.29, 1.82) is 0 Å². The van der Waals surface area contributed by atoms with Crippen molar-refractivity contribution in [3.63, 3.8) is 0 Å². The van der Waals surface area contributed by atoms with E-state index in [0.29, 0.717) is 16.3 Å². The molecule has 2 aromatic carbocycles. The van der Waals surface area contributed by atoms with E-state index in [4.69, 9.17) is 17.3 Å². The summed E-state index contributed by atoms with van der Waals surface area (Å²) in [6.45, 7) is 2.83. The Hall–Kier alpha value is -1.46. The molecule has 1 amide bonds. The summed E-state index contributed by atoms with van der Waals surface area (Å²) < 4.78 is 0. The second-order valence-electron chi connectivity index (χ2n) is 6.27. The lowest BCUT2D eigenvalue weighted by Gasteiger charge is -2.33. The molecule has 1 fully saturated rings. The van der Waals surface area contributed by atoms with Crippen molar-refractivity contribution in [2.45, 2.75) is 25.4 Å². The largest absolute Gasteiger partial charge is 0.399 e. The lowest BCUT2D eigenvalue weighted by atomic mass is 10.0. The summed E-state index contributed by atoms with van der Waals surface area (Å²) in [4.78, 5) is 14.8. The van der Waals surface area contributed by atoms with Crippen LogP contribution < -0.4 is 11.1 Å². The predicted molar refractivity (Wildman–Crippen MR) is 113 cm³/mol. The number of rotatable bonds is 4. The maximum absolute atomic E-state index is 12.5. The van der Waals surface area contributed by atoms with Crippen molar-refractivity contribution in [2.24, 2.45) is 0 Å². The van der Waals surface area contributed by atoms with Crippen LogP contribution in [-0.2, 0) is 6.54 Å². The Morgan fingerprint density at radius 3 is 2.62 bits per heavy atom. The molecular weight excluding hydrogens is 393 g/mol. The van der Waals surface area contributed by atoms with Crippen LogP contribution in [0.1, 0.15) is 28.8 Å². The highest BCUT2D eigenvalue weighted by molar-refractivity contribution is 6.34. The highest BCUT2D eigenvalue weighted by Gasteiger charge is 2.22. The number of nitrogens with two attached hydrogens (primary N) is 1. The summed E-state index contributed by atoms with van der Waals surface area (Å²) >= 11 is 6.13. The Morgan fingerprint density at radius 1 is 1.19 bits per heavy atom. The summed E-state index contributed by atoms with van der Waals surface area (Å²) in [5.74, 6) is -0.133. The number of hydrogen-bond acceptors (Lipinski definition) is 3. The lowest BCUT2D eigenvalue weighted by Crippen LogP contribution is -2.47. The fourth-order valence-electron chi connectivity index (χ4n) is 3.14. The average molecular weight is 417 g/mol. The van der Waals surface area contributed by atoms with Crippen LogP contribution in [0.25, 0.3) is 0 Å². The highest BCUT2D eigenvalue weighted by Crippen LogP contribution is 2.20. The van der Waals surface area contributed by atoms with Crippen LogP contribution in [0.15, 0.2) is 48.5 Å². The van der Waals surface area contributed by atoms with E-state index >= 15 is 0 Å². The summed E-state index contributed by atoms with van der Waals surface area (Å²) in [7, 11) is 0. The third kappa shape index (κ3) is 6.06. The van der Waals surface area contributed by atoms with Crippen molar-refractivity contribution >= 4 is 48.0 Å². The van der Waals surface area contributed by atoms with Crippen LogP contribution in [-0.4, -0.2) is 29.9 Å². The number of anilines is 1. The van der Waals surface area contributed by atoms with Gasteiger partial charge in [-0.15, -0.1) is 24.8 Å². The molecule has 0 bridgehead atoms. The molecule has 1 aliphatic heterocycles. The first-order valence-electron chi connectivity index (χ1n) is 8.24. The van der Waals surface area contributed by atoms with Crippen LogP contribution in [0.4, 0.5) is 5.69 Å². The number of benzene rings is 2. The summed E-state index contributed by atoms with van der Waals surface area (Å²) in [6, 6.07) is 15.5. The first-order valence-corrected chi connectivity index (χ1v) is 8.62. The number of hydrogen-bond donors (Lipinski definition) is 2. The van der Waals surface area contributed by atoms with E-state index in [0.717, 1.165) is 32.5 Å². The summed E-state index contributed by atoms with van der Waals surface area (Å²) in [5.41, 5.74) is 8.01. The molecule has 0 aliphatic carbocycles. The second kappa shape index (κ2) is 10.6. The van der Waals surface area contributed by atoms with E-state index in [1.54, 1.807) is 18.2 Å². The molecule has 0 spiro atoms. The Labute approximate surface area is 171 Å². The third-order valence-corrected chi connectivity index (χ3v) is 4.64. The minimum Gasteiger partial charge on any atom is -0.399 e.